The number of aromatic nitrogens is 3. The normalized spacial score (nSPS) is 13.7. The Labute approximate surface area is 123 Å². The second kappa shape index (κ2) is 5.95. The molecule has 0 saturated heterocycles. The molecule has 0 amide bonds. The van der Waals surface area contributed by atoms with Crippen LogP contribution in [0.2, 0.25) is 0 Å². The van der Waals surface area contributed by atoms with E-state index in [1.165, 1.54) is 0 Å². The number of nitrogens with zero attached hydrogens (tertiary/aromatic N) is 3. The summed E-state index contributed by atoms with van der Waals surface area (Å²) in [4.78, 5) is 25.5. The molecule has 0 atom stereocenters. The Bertz CT molecular complexity index is 625. The average Bonchev–Trinajstić information content (AvgIpc) is 3.01. The molecule has 0 aliphatic carbocycles. The molecule has 0 aromatic carbocycles. The number of H-pyrrole nitrogens is 1. The number of ketones is 1. The number of hydrogen-bond acceptors (Lipinski definition) is 5. The van der Waals surface area contributed by atoms with E-state index >= 15 is 0 Å². The molecule has 2 aromatic heterocycles. The lowest BCUT2D eigenvalue weighted by Crippen LogP contribution is -2.33. The van der Waals surface area contributed by atoms with Crippen LogP contribution in [-0.4, -0.2) is 33.9 Å². The number of carbonyl (C=O) groups excluding carboxylic acids is 1. The van der Waals surface area contributed by atoms with Crippen LogP contribution in [-0.2, 0) is 17.8 Å². The first kappa shape index (κ1) is 13.6. The second-order valence-corrected chi connectivity index (χ2v) is 5.04. The van der Waals surface area contributed by atoms with Crippen LogP contribution in [0.15, 0.2) is 24.7 Å². The SMILES string of the molecule is CCC(=O)Cc1ccc2c(n1)N(Cc1cnc[nH]1)CCO2. The van der Waals surface area contributed by atoms with Crippen molar-refractivity contribution in [1.82, 2.24) is 15.0 Å². The highest BCUT2D eigenvalue weighted by atomic mass is 16.5. The van der Waals surface area contributed by atoms with E-state index in [4.69, 9.17) is 4.74 Å². The van der Waals surface area contributed by atoms with E-state index in [1.54, 1.807) is 12.5 Å². The van der Waals surface area contributed by atoms with Crippen LogP contribution < -0.4 is 9.64 Å². The van der Waals surface area contributed by atoms with Gasteiger partial charge in [0, 0.05) is 19.0 Å². The molecule has 1 aliphatic heterocycles. The van der Waals surface area contributed by atoms with Gasteiger partial charge in [-0.05, 0) is 12.1 Å². The Kier molecular flexibility index (Phi) is 3.85. The maximum absolute atomic E-state index is 11.6. The summed E-state index contributed by atoms with van der Waals surface area (Å²) in [5.74, 6) is 1.77. The number of imidazole rings is 1. The lowest BCUT2D eigenvalue weighted by molar-refractivity contribution is -0.118. The standard InChI is InChI=1S/C15H18N4O2/c1-2-13(20)7-11-3-4-14-15(18-11)19(5-6-21-14)9-12-8-16-10-17-12/h3-4,8,10H,2,5-7,9H2,1H3,(H,16,17). The summed E-state index contributed by atoms with van der Waals surface area (Å²) in [5.41, 5.74) is 1.82. The summed E-state index contributed by atoms with van der Waals surface area (Å²) in [7, 11) is 0. The molecular formula is C15H18N4O2. The Morgan fingerprint density at radius 2 is 2.38 bits per heavy atom. The number of pyridine rings is 1. The molecule has 3 heterocycles. The molecule has 6 heteroatoms. The van der Waals surface area contributed by atoms with E-state index in [-0.39, 0.29) is 5.78 Å². The Balaban J connectivity index is 1.84. The van der Waals surface area contributed by atoms with Crippen molar-refractivity contribution in [1.29, 1.82) is 0 Å². The van der Waals surface area contributed by atoms with Gasteiger partial charge in [-0.3, -0.25) is 4.79 Å². The van der Waals surface area contributed by atoms with Gasteiger partial charge in [-0.2, -0.15) is 0 Å². The van der Waals surface area contributed by atoms with Crippen molar-refractivity contribution in [2.45, 2.75) is 26.3 Å². The number of hydrogen-bond donors (Lipinski definition) is 1. The van der Waals surface area contributed by atoms with Crippen molar-refractivity contribution in [3.63, 3.8) is 0 Å². The molecule has 0 unspecified atom stereocenters. The van der Waals surface area contributed by atoms with Gasteiger partial charge in [0.2, 0.25) is 0 Å². The Hall–Kier alpha value is -2.37. The van der Waals surface area contributed by atoms with Crippen molar-refractivity contribution >= 4 is 11.6 Å². The lowest BCUT2D eigenvalue weighted by atomic mass is 10.1. The minimum Gasteiger partial charge on any atom is -0.488 e. The predicted octanol–water partition coefficient (Wildman–Crippen LogP) is 1.73. The summed E-state index contributed by atoms with van der Waals surface area (Å²) in [6.07, 6.45) is 4.38. The monoisotopic (exact) mass is 286 g/mol. The molecule has 3 rings (SSSR count). The summed E-state index contributed by atoms with van der Waals surface area (Å²) < 4.78 is 5.64. The fourth-order valence-electron chi connectivity index (χ4n) is 2.34. The number of aromatic amines is 1. The van der Waals surface area contributed by atoms with Crippen LogP contribution >= 0.6 is 0 Å². The van der Waals surface area contributed by atoms with E-state index in [2.05, 4.69) is 19.9 Å². The first-order chi connectivity index (χ1) is 10.3. The van der Waals surface area contributed by atoms with E-state index < -0.39 is 0 Å². The van der Waals surface area contributed by atoms with Crippen LogP contribution in [0.4, 0.5) is 5.82 Å². The van der Waals surface area contributed by atoms with Gasteiger partial charge < -0.3 is 14.6 Å². The molecule has 110 valence electrons. The van der Waals surface area contributed by atoms with E-state index in [1.807, 2.05) is 19.1 Å². The molecule has 21 heavy (non-hydrogen) atoms. The average molecular weight is 286 g/mol. The molecule has 0 radical (unpaired) electrons. The highest BCUT2D eigenvalue weighted by molar-refractivity contribution is 5.80. The van der Waals surface area contributed by atoms with Crippen molar-refractivity contribution < 1.29 is 9.53 Å². The topological polar surface area (TPSA) is 71.1 Å². The van der Waals surface area contributed by atoms with Crippen LogP contribution in [0.5, 0.6) is 5.75 Å². The Morgan fingerprint density at radius 1 is 1.48 bits per heavy atom. The van der Waals surface area contributed by atoms with Crippen molar-refractivity contribution in [3.8, 4) is 5.75 Å². The smallest absolute Gasteiger partial charge is 0.172 e. The molecule has 2 aromatic rings. The zero-order valence-corrected chi connectivity index (χ0v) is 12.0. The number of anilines is 1. The quantitative estimate of drug-likeness (QED) is 0.906. The third-order valence-corrected chi connectivity index (χ3v) is 3.50. The highest BCUT2D eigenvalue weighted by Gasteiger charge is 2.21. The zero-order valence-electron chi connectivity index (χ0n) is 12.0. The maximum atomic E-state index is 11.6. The summed E-state index contributed by atoms with van der Waals surface area (Å²) >= 11 is 0. The number of nitrogens with one attached hydrogen (secondary N) is 1. The van der Waals surface area contributed by atoms with Crippen molar-refractivity contribution in [3.05, 3.63) is 36.0 Å². The predicted molar refractivity (Wildman–Crippen MR) is 78.4 cm³/mol. The second-order valence-electron chi connectivity index (χ2n) is 5.04. The van der Waals surface area contributed by atoms with Crippen LogP contribution in [0.3, 0.4) is 0 Å². The Morgan fingerprint density at radius 3 is 3.14 bits per heavy atom. The molecule has 0 bridgehead atoms. The van der Waals surface area contributed by atoms with Crippen LogP contribution in [0.1, 0.15) is 24.7 Å². The molecule has 0 saturated carbocycles. The molecule has 0 spiro atoms. The number of fused-ring (bicyclic) bond motifs is 1. The molecule has 0 fully saturated rings. The number of ether oxygens (including phenoxy) is 1. The minimum absolute atomic E-state index is 0.194. The number of Topliss-reactive ketones (excluding diaryl/α,β-unsaturated/α-hetero) is 1. The van der Waals surface area contributed by atoms with Gasteiger partial charge in [-0.25, -0.2) is 9.97 Å². The first-order valence-electron chi connectivity index (χ1n) is 7.13. The summed E-state index contributed by atoms with van der Waals surface area (Å²) in [5, 5.41) is 0. The molecule has 1 N–H and O–H groups in total. The van der Waals surface area contributed by atoms with Gasteiger partial charge >= 0.3 is 0 Å². The van der Waals surface area contributed by atoms with Crippen molar-refractivity contribution in [2.75, 3.05) is 18.1 Å². The third-order valence-electron chi connectivity index (χ3n) is 3.50. The fourth-order valence-corrected chi connectivity index (χ4v) is 2.34. The molecule has 6 nitrogen and oxygen atoms in total. The highest BCUT2D eigenvalue weighted by Crippen LogP contribution is 2.30. The van der Waals surface area contributed by atoms with Crippen LogP contribution in [0.25, 0.3) is 0 Å². The lowest BCUT2D eigenvalue weighted by Gasteiger charge is -2.29. The van der Waals surface area contributed by atoms with Gasteiger partial charge in [0.1, 0.15) is 12.4 Å². The van der Waals surface area contributed by atoms with Crippen molar-refractivity contribution in [2.24, 2.45) is 0 Å². The zero-order chi connectivity index (χ0) is 14.7. The van der Waals surface area contributed by atoms with E-state index in [9.17, 15) is 4.79 Å². The van der Waals surface area contributed by atoms with E-state index in [0.717, 1.165) is 29.5 Å². The molecular weight excluding hydrogens is 268 g/mol. The van der Waals surface area contributed by atoms with Crippen LogP contribution in [0, 0.1) is 0 Å². The van der Waals surface area contributed by atoms with Gasteiger partial charge in [0.25, 0.3) is 0 Å². The van der Waals surface area contributed by atoms with Gasteiger partial charge in [-0.15, -0.1) is 0 Å². The maximum Gasteiger partial charge on any atom is 0.172 e. The minimum atomic E-state index is 0.194. The number of carbonyl (C=O) groups is 1. The van der Waals surface area contributed by atoms with Gasteiger partial charge in [0.05, 0.1) is 30.8 Å². The van der Waals surface area contributed by atoms with E-state index in [0.29, 0.717) is 26.0 Å². The van der Waals surface area contributed by atoms with Gasteiger partial charge in [-0.1, -0.05) is 6.92 Å². The largest absolute Gasteiger partial charge is 0.488 e. The third kappa shape index (κ3) is 3.04. The fraction of sp³-hybridized carbons (Fsp3) is 0.400. The first-order valence-corrected chi connectivity index (χ1v) is 7.13. The summed E-state index contributed by atoms with van der Waals surface area (Å²) in [6, 6.07) is 3.77. The van der Waals surface area contributed by atoms with Gasteiger partial charge in [0.15, 0.2) is 11.6 Å². The molecule has 1 aliphatic rings. The summed E-state index contributed by atoms with van der Waals surface area (Å²) in [6.45, 7) is 3.98. The number of rotatable bonds is 5.